The molecule has 15 heavy (non-hydrogen) atoms. The minimum Gasteiger partial charge on any atom is -0.405 e. The summed E-state index contributed by atoms with van der Waals surface area (Å²) in [6, 6.07) is 0. The zero-order valence-electron chi connectivity index (χ0n) is 8.35. The lowest BCUT2D eigenvalue weighted by Gasteiger charge is -2.15. The van der Waals surface area contributed by atoms with Crippen molar-refractivity contribution in [3.8, 4) is 5.75 Å². The van der Waals surface area contributed by atoms with Gasteiger partial charge < -0.3 is 10.5 Å². The lowest BCUT2D eigenvalue weighted by molar-refractivity contribution is -0.275. The van der Waals surface area contributed by atoms with Gasteiger partial charge in [0.25, 0.3) is 0 Å². The first kappa shape index (κ1) is 11.8. The zero-order valence-corrected chi connectivity index (χ0v) is 8.35. The van der Waals surface area contributed by atoms with Gasteiger partial charge in [-0.3, -0.25) is 4.98 Å². The summed E-state index contributed by atoms with van der Waals surface area (Å²) >= 11 is 0. The van der Waals surface area contributed by atoms with Crippen molar-refractivity contribution in [3.63, 3.8) is 0 Å². The van der Waals surface area contributed by atoms with E-state index >= 15 is 0 Å². The lowest BCUT2D eigenvalue weighted by atomic mass is 10.1. The summed E-state index contributed by atoms with van der Waals surface area (Å²) in [7, 11) is 0. The number of halogens is 3. The molecule has 0 saturated heterocycles. The van der Waals surface area contributed by atoms with Crippen molar-refractivity contribution in [3.05, 3.63) is 23.0 Å². The largest absolute Gasteiger partial charge is 0.573 e. The Hall–Kier alpha value is -1.30. The SMILES string of the molecule is Cc1ncc(CN)c(OC(F)(F)F)c1C. The molecule has 6 heteroatoms. The second kappa shape index (κ2) is 4.06. The van der Waals surface area contributed by atoms with Gasteiger partial charge in [-0.2, -0.15) is 0 Å². The fourth-order valence-electron chi connectivity index (χ4n) is 1.14. The first-order valence-electron chi connectivity index (χ1n) is 4.26. The molecule has 0 radical (unpaired) electrons. The Labute approximate surface area is 85.1 Å². The third kappa shape index (κ3) is 2.82. The first-order chi connectivity index (χ1) is 6.85. The minimum absolute atomic E-state index is 0.0421. The van der Waals surface area contributed by atoms with E-state index in [-0.39, 0.29) is 17.9 Å². The maximum Gasteiger partial charge on any atom is 0.573 e. The Bertz CT molecular complexity index is 363. The van der Waals surface area contributed by atoms with E-state index in [0.717, 1.165) is 0 Å². The number of nitrogens with two attached hydrogens (primary N) is 1. The van der Waals surface area contributed by atoms with E-state index in [1.54, 1.807) is 6.92 Å². The van der Waals surface area contributed by atoms with Gasteiger partial charge >= 0.3 is 6.36 Å². The van der Waals surface area contributed by atoms with Gasteiger partial charge in [-0.15, -0.1) is 13.2 Å². The van der Waals surface area contributed by atoms with Crippen molar-refractivity contribution in [2.75, 3.05) is 0 Å². The molecule has 84 valence electrons. The van der Waals surface area contributed by atoms with Crippen LogP contribution < -0.4 is 10.5 Å². The van der Waals surface area contributed by atoms with E-state index in [0.29, 0.717) is 11.3 Å². The van der Waals surface area contributed by atoms with E-state index in [4.69, 9.17) is 5.73 Å². The van der Waals surface area contributed by atoms with Crippen LogP contribution in [0.1, 0.15) is 16.8 Å². The summed E-state index contributed by atoms with van der Waals surface area (Å²) in [6.07, 6.45) is -3.41. The number of hydrogen-bond acceptors (Lipinski definition) is 3. The normalized spacial score (nSPS) is 11.6. The second-order valence-electron chi connectivity index (χ2n) is 3.07. The molecule has 1 aromatic heterocycles. The van der Waals surface area contributed by atoms with Crippen LogP contribution in [0.3, 0.4) is 0 Å². The van der Waals surface area contributed by atoms with E-state index in [2.05, 4.69) is 9.72 Å². The Morgan fingerprint density at radius 1 is 1.40 bits per heavy atom. The monoisotopic (exact) mass is 220 g/mol. The third-order valence-corrected chi connectivity index (χ3v) is 2.03. The predicted molar refractivity (Wildman–Crippen MR) is 48.3 cm³/mol. The molecule has 0 atom stereocenters. The van der Waals surface area contributed by atoms with Crippen molar-refractivity contribution in [2.24, 2.45) is 5.73 Å². The van der Waals surface area contributed by atoms with Gasteiger partial charge in [-0.25, -0.2) is 0 Å². The van der Waals surface area contributed by atoms with Crippen LogP contribution in [-0.4, -0.2) is 11.3 Å². The maximum absolute atomic E-state index is 12.1. The van der Waals surface area contributed by atoms with Crippen LogP contribution >= 0.6 is 0 Å². The summed E-state index contributed by atoms with van der Waals surface area (Å²) in [6.45, 7) is 3.08. The van der Waals surface area contributed by atoms with Crippen molar-refractivity contribution in [1.29, 1.82) is 0 Å². The molecule has 0 aliphatic rings. The Morgan fingerprint density at radius 2 is 2.00 bits per heavy atom. The smallest absolute Gasteiger partial charge is 0.405 e. The number of alkyl halides is 3. The molecule has 1 aromatic rings. The van der Waals surface area contributed by atoms with Crippen LogP contribution in [0, 0.1) is 13.8 Å². The molecule has 0 unspecified atom stereocenters. The van der Waals surface area contributed by atoms with Gasteiger partial charge in [0.15, 0.2) is 0 Å². The average molecular weight is 220 g/mol. The highest BCUT2D eigenvalue weighted by molar-refractivity contribution is 5.41. The van der Waals surface area contributed by atoms with E-state index in [1.807, 2.05) is 0 Å². The fraction of sp³-hybridized carbons (Fsp3) is 0.444. The Morgan fingerprint density at radius 3 is 2.47 bits per heavy atom. The molecule has 3 nitrogen and oxygen atoms in total. The number of ether oxygens (including phenoxy) is 1. The van der Waals surface area contributed by atoms with Crippen LogP contribution in [0.5, 0.6) is 5.75 Å². The average Bonchev–Trinajstić information content (AvgIpc) is 2.11. The highest BCUT2D eigenvalue weighted by atomic mass is 19.4. The van der Waals surface area contributed by atoms with Crippen molar-refractivity contribution < 1.29 is 17.9 Å². The number of nitrogens with zero attached hydrogens (tertiary/aromatic N) is 1. The van der Waals surface area contributed by atoms with Crippen LogP contribution in [0.2, 0.25) is 0 Å². The molecule has 0 saturated carbocycles. The van der Waals surface area contributed by atoms with Gasteiger partial charge in [0.2, 0.25) is 0 Å². The van der Waals surface area contributed by atoms with E-state index in [1.165, 1.54) is 13.1 Å². The molecule has 1 rings (SSSR count). The molecular formula is C9H11F3N2O. The van der Waals surface area contributed by atoms with Crippen LogP contribution in [0.25, 0.3) is 0 Å². The van der Waals surface area contributed by atoms with E-state index < -0.39 is 6.36 Å². The number of hydrogen-bond donors (Lipinski definition) is 1. The van der Waals surface area contributed by atoms with Gasteiger partial charge in [-0.05, 0) is 13.8 Å². The molecular weight excluding hydrogens is 209 g/mol. The molecule has 0 aliphatic carbocycles. The Balaban J connectivity index is 3.18. The third-order valence-electron chi connectivity index (χ3n) is 2.03. The minimum atomic E-state index is -4.71. The number of aryl methyl sites for hydroxylation is 1. The summed E-state index contributed by atoms with van der Waals surface area (Å²) in [5, 5.41) is 0. The highest BCUT2D eigenvalue weighted by Crippen LogP contribution is 2.30. The summed E-state index contributed by atoms with van der Waals surface area (Å²) in [5.41, 5.74) is 6.40. The molecule has 0 aromatic carbocycles. The number of pyridine rings is 1. The summed E-state index contributed by atoms with van der Waals surface area (Å²) < 4.78 is 40.2. The predicted octanol–water partition coefficient (Wildman–Crippen LogP) is 2.06. The molecule has 0 fully saturated rings. The molecule has 0 spiro atoms. The quantitative estimate of drug-likeness (QED) is 0.829. The van der Waals surface area contributed by atoms with E-state index in [9.17, 15) is 13.2 Å². The van der Waals surface area contributed by atoms with Crippen LogP contribution in [-0.2, 0) is 6.54 Å². The van der Waals surface area contributed by atoms with Crippen molar-refractivity contribution in [1.82, 2.24) is 4.98 Å². The molecule has 0 amide bonds. The van der Waals surface area contributed by atoms with Crippen LogP contribution in [0.4, 0.5) is 13.2 Å². The zero-order chi connectivity index (χ0) is 11.6. The summed E-state index contributed by atoms with van der Waals surface area (Å²) in [4.78, 5) is 3.91. The number of aromatic nitrogens is 1. The maximum atomic E-state index is 12.1. The lowest BCUT2D eigenvalue weighted by Crippen LogP contribution is -2.20. The highest BCUT2D eigenvalue weighted by Gasteiger charge is 2.33. The fourth-order valence-corrected chi connectivity index (χ4v) is 1.14. The number of rotatable bonds is 2. The van der Waals surface area contributed by atoms with Gasteiger partial charge in [0, 0.05) is 29.6 Å². The first-order valence-corrected chi connectivity index (χ1v) is 4.26. The van der Waals surface area contributed by atoms with Gasteiger partial charge in [0.1, 0.15) is 5.75 Å². The molecule has 2 N–H and O–H groups in total. The second-order valence-corrected chi connectivity index (χ2v) is 3.07. The molecule has 0 bridgehead atoms. The standard InChI is InChI=1S/C9H11F3N2O/c1-5-6(2)14-4-7(3-13)8(5)15-9(10,11)12/h4H,3,13H2,1-2H3. The molecule has 1 heterocycles. The topological polar surface area (TPSA) is 48.1 Å². The van der Waals surface area contributed by atoms with Crippen molar-refractivity contribution >= 4 is 0 Å². The molecule has 0 aliphatic heterocycles. The Kier molecular flexibility index (Phi) is 3.18. The van der Waals surface area contributed by atoms with Gasteiger partial charge in [0.05, 0.1) is 0 Å². The van der Waals surface area contributed by atoms with Crippen molar-refractivity contribution in [2.45, 2.75) is 26.8 Å². The van der Waals surface area contributed by atoms with Crippen LogP contribution in [0.15, 0.2) is 6.20 Å². The van der Waals surface area contributed by atoms with Gasteiger partial charge in [-0.1, -0.05) is 0 Å². The summed E-state index contributed by atoms with van der Waals surface area (Å²) in [5.74, 6) is -0.238.